The van der Waals surface area contributed by atoms with Crippen LogP contribution < -0.4 is 4.74 Å². The number of carbonyl (C=O) groups is 1. The lowest BCUT2D eigenvalue weighted by Gasteiger charge is -2.24. The van der Waals surface area contributed by atoms with Gasteiger partial charge in [-0.1, -0.05) is 30.3 Å². The molecule has 1 aromatic heterocycles. The van der Waals surface area contributed by atoms with Gasteiger partial charge >= 0.3 is 0 Å². The Hall–Kier alpha value is -2.40. The zero-order valence-corrected chi connectivity index (χ0v) is 14.5. The normalized spacial score (nSPS) is 19.8. The molecule has 1 aliphatic rings. The number of likely N-dealkylation sites (tertiary alicyclic amines) is 1. The van der Waals surface area contributed by atoms with E-state index in [9.17, 15) is 4.79 Å². The molecule has 0 bridgehead atoms. The molecule has 2 aromatic rings. The molecule has 0 N–H and O–H groups in total. The molecule has 1 amide bonds. The Morgan fingerprint density at radius 3 is 2.80 bits per heavy atom. The monoisotopic (exact) mass is 340 g/mol. The van der Waals surface area contributed by atoms with Crippen LogP contribution in [0.25, 0.3) is 0 Å². The second-order valence-electron chi connectivity index (χ2n) is 6.28. The highest BCUT2D eigenvalue weighted by Crippen LogP contribution is 2.22. The fourth-order valence-corrected chi connectivity index (χ4v) is 3.17. The van der Waals surface area contributed by atoms with Crippen molar-refractivity contribution >= 4 is 5.91 Å². The highest BCUT2D eigenvalue weighted by atomic mass is 16.5. The van der Waals surface area contributed by atoms with E-state index < -0.39 is 0 Å². The lowest BCUT2D eigenvalue weighted by Crippen LogP contribution is -2.39. The predicted molar refractivity (Wildman–Crippen MR) is 95.4 cm³/mol. The summed E-state index contributed by atoms with van der Waals surface area (Å²) in [7, 11) is 1.70. The molecule has 132 valence electrons. The number of nitrogens with zero attached hydrogens (tertiary/aromatic N) is 2. The molecule has 2 heterocycles. The lowest BCUT2D eigenvalue weighted by molar-refractivity contribution is -0.132. The Kier molecular flexibility index (Phi) is 6.01. The van der Waals surface area contributed by atoms with Gasteiger partial charge in [0.15, 0.2) is 0 Å². The van der Waals surface area contributed by atoms with Gasteiger partial charge in [-0.2, -0.15) is 0 Å². The Morgan fingerprint density at radius 1 is 1.24 bits per heavy atom. The smallest absolute Gasteiger partial charge is 0.223 e. The average molecular weight is 340 g/mol. The highest BCUT2D eigenvalue weighted by Gasteiger charge is 2.35. The highest BCUT2D eigenvalue weighted by molar-refractivity contribution is 5.77. The molecule has 0 spiro atoms. The number of rotatable bonds is 7. The Bertz CT molecular complexity index is 663. The molecule has 1 aliphatic heterocycles. The van der Waals surface area contributed by atoms with Crippen molar-refractivity contribution in [3.63, 3.8) is 0 Å². The van der Waals surface area contributed by atoms with Crippen LogP contribution in [0.4, 0.5) is 0 Å². The molecule has 0 aliphatic carbocycles. The molecule has 0 radical (unpaired) electrons. The zero-order valence-electron chi connectivity index (χ0n) is 14.5. The maximum absolute atomic E-state index is 12.7. The standard InChI is InChI=1S/C20H24N2O3/c1-24-19-12-17(15-25-18-8-5-11-21-13-18)22(14-19)20(23)10-9-16-6-3-2-4-7-16/h2-8,11,13,17,19H,9-10,12,14-15H2,1H3/t17-,19+/m0/s1. The van der Waals surface area contributed by atoms with Crippen molar-refractivity contribution in [3.8, 4) is 5.75 Å². The number of carbonyl (C=O) groups excluding carboxylic acids is 1. The summed E-state index contributed by atoms with van der Waals surface area (Å²) < 4.78 is 11.3. The first-order valence-electron chi connectivity index (χ1n) is 8.65. The van der Waals surface area contributed by atoms with Crippen LogP contribution in [0.15, 0.2) is 54.9 Å². The first kappa shape index (κ1) is 17.4. The molecule has 1 saturated heterocycles. The third kappa shape index (κ3) is 4.79. The van der Waals surface area contributed by atoms with Gasteiger partial charge in [-0.3, -0.25) is 9.78 Å². The average Bonchev–Trinajstić information content (AvgIpc) is 3.09. The molecule has 25 heavy (non-hydrogen) atoms. The maximum atomic E-state index is 12.7. The summed E-state index contributed by atoms with van der Waals surface area (Å²) in [6.45, 7) is 1.09. The van der Waals surface area contributed by atoms with Crippen LogP contribution in [-0.4, -0.2) is 48.2 Å². The quantitative estimate of drug-likeness (QED) is 0.778. The minimum Gasteiger partial charge on any atom is -0.490 e. The van der Waals surface area contributed by atoms with Crippen molar-refractivity contribution < 1.29 is 14.3 Å². The van der Waals surface area contributed by atoms with Crippen molar-refractivity contribution in [1.29, 1.82) is 0 Å². The molecule has 0 saturated carbocycles. The van der Waals surface area contributed by atoms with Gasteiger partial charge < -0.3 is 14.4 Å². The second-order valence-corrected chi connectivity index (χ2v) is 6.28. The Labute approximate surface area is 148 Å². The van der Waals surface area contributed by atoms with Gasteiger partial charge in [0.25, 0.3) is 0 Å². The van der Waals surface area contributed by atoms with Gasteiger partial charge in [0, 0.05) is 26.3 Å². The van der Waals surface area contributed by atoms with Crippen LogP contribution in [0.1, 0.15) is 18.4 Å². The van der Waals surface area contributed by atoms with Crippen LogP contribution in [0.3, 0.4) is 0 Å². The Morgan fingerprint density at radius 2 is 2.08 bits per heavy atom. The first-order chi connectivity index (χ1) is 12.3. The van der Waals surface area contributed by atoms with E-state index in [0.717, 1.165) is 18.6 Å². The van der Waals surface area contributed by atoms with Crippen LogP contribution in [0.2, 0.25) is 0 Å². The topological polar surface area (TPSA) is 51.7 Å². The minimum absolute atomic E-state index is 0.0356. The van der Waals surface area contributed by atoms with Gasteiger partial charge in [-0.05, 0) is 30.5 Å². The van der Waals surface area contributed by atoms with Gasteiger partial charge in [0.05, 0.1) is 18.3 Å². The molecule has 2 atom stereocenters. The van der Waals surface area contributed by atoms with Gasteiger partial charge in [-0.25, -0.2) is 0 Å². The van der Waals surface area contributed by atoms with Crippen molar-refractivity contribution in [2.24, 2.45) is 0 Å². The number of hydrogen-bond acceptors (Lipinski definition) is 4. The van der Waals surface area contributed by atoms with E-state index >= 15 is 0 Å². The predicted octanol–water partition coefficient (Wildman–Crippen LogP) is 2.71. The molecule has 0 unspecified atom stereocenters. The van der Waals surface area contributed by atoms with E-state index in [2.05, 4.69) is 17.1 Å². The van der Waals surface area contributed by atoms with Gasteiger partial charge in [0.2, 0.25) is 5.91 Å². The third-order valence-corrected chi connectivity index (χ3v) is 4.58. The number of amides is 1. The fraction of sp³-hybridized carbons (Fsp3) is 0.400. The first-order valence-corrected chi connectivity index (χ1v) is 8.65. The summed E-state index contributed by atoms with van der Waals surface area (Å²) in [6, 6.07) is 13.8. The number of hydrogen-bond donors (Lipinski definition) is 0. The number of aryl methyl sites for hydroxylation is 1. The van der Waals surface area contributed by atoms with Gasteiger partial charge in [0.1, 0.15) is 12.4 Å². The van der Waals surface area contributed by atoms with Crippen molar-refractivity contribution in [1.82, 2.24) is 9.88 Å². The second kappa shape index (κ2) is 8.62. The molecule has 1 fully saturated rings. The molecule has 3 rings (SSSR count). The van der Waals surface area contributed by atoms with E-state index in [4.69, 9.17) is 9.47 Å². The van der Waals surface area contributed by atoms with Crippen LogP contribution in [0, 0.1) is 0 Å². The third-order valence-electron chi connectivity index (χ3n) is 4.58. The summed E-state index contributed by atoms with van der Waals surface area (Å²) in [5.74, 6) is 0.878. The van der Waals surface area contributed by atoms with E-state index in [0.29, 0.717) is 19.6 Å². The summed E-state index contributed by atoms with van der Waals surface area (Å²) in [5.41, 5.74) is 1.18. The van der Waals surface area contributed by atoms with Crippen molar-refractivity contribution in [2.45, 2.75) is 31.4 Å². The number of benzene rings is 1. The number of pyridine rings is 1. The number of aromatic nitrogens is 1. The van der Waals surface area contributed by atoms with E-state index in [1.807, 2.05) is 35.2 Å². The fourth-order valence-electron chi connectivity index (χ4n) is 3.17. The van der Waals surface area contributed by atoms with E-state index in [1.54, 1.807) is 19.5 Å². The van der Waals surface area contributed by atoms with Crippen molar-refractivity contribution in [3.05, 3.63) is 60.4 Å². The zero-order chi connectivity index (χ0) is 17.5. The van der Waals surface area contributed by atoms with Crippen LogP contribution in [0.5, 0.6) is 5.75 Å². The minimum atomic E-state index is 0.0356. The maximum Gasteiger partial charge on any atom is 0.223 e. The molecule has 5 nitrogen and oxygen atoms in total. The molecule has 5 heteroatoms. The van der Waals surface area contributed by atoms with Crippen molar-refractivity contribution in [2.75, 3.05) is 20.3 Å². The largest absolute Gasteiger partial charge is 0.490 e. The Balaban J connectivity index is 1.57. The summed E-state index contributed by atoms with van der Waals surface area (Å²) in [6.07, 6.45) is 5.53. The molecule has 1 aromatic carbocycles. The van der Waals surface area contributed by atoms with Gasteiger partial charge in [-0.15, -0.1) is 0 Å². The summed E-state index contributed by atoms with van der Waals surface area (Å²) in [5, 5.41) is 0. The summed E-state index contributed by atoms with van der Waals surface area (Å²) >= 11 is 0. The molecular formula is C20H24N2O3. The summed E-state index contributed by atoms with van der Waals surface area (Å²) in [4.78, 5) is 18.7. The number of ether oxygens (including phenoxy) is 2. The number of methoxy groups -OCH3 is 1. The van der Waals surface area contributed by atoms with Crippen LogP contribution in [-0.2, 0) is 16.0 Å². The van der Waals surface area contributed by atoms with Crippen LogP contribution >= 0.6 is 0 Å². The SMILES string of the molecule is CO[C@@H]1C[C@@H](COc2cccnc2)N(C(=O)CCc2ccccc2)C1. The van der Waals surface area contributed by atoms with E-state index in [-0.39, 0.29) is 18.1 Å². The lowest BCUT2D eigenvalue weighted by atomic mass is 10.1. The van der Waals surface area contributed by atoms with E-state index in [1.165, 1.54) is 5.56 Å². The molecular weight excluding hydrogens is 316 g/mol.